The van der Waals surface area contributed by atoms with Crippen LogP contribution in [0.3, 0.4) is 0 Å². The molecule has 114 valence electrons. The zero-order valence-electron chi connectivity index (χ0n) is 12.3. The van der Waals surface area contributed by atoms with E-state index in [0.29, 0.717) is 12.1 Å². The molecule has 0 spiro atoms. The number of hydrogen-bond donors (Lipinski definition) is 1. The summed E-state index contributed by atoms with van der Waals surface area (Å²) in [5.41, 5.74) is 4.56. The number of nitrogens with zero attached hydrogens (tertiary/aromatic N) is 1. The van der Waals surface area contributed by atoms with Crippen LogP contribution < -0.4 is 5.43 Å². The molecule has 5 heteroatoms. The topological polar surface area (TPSA) is 50.7 Å². The van der Waals surface area contributed by atoms with Gasteiger partial charge in [-0.25, -0.2) is 9.18 Å². The number of carbonyl (C=O) groups is 1. The first kappa shape index (κ1) is 15.7. The maximum Gasteiger partial charge on any atom is 0.354 e. The summed E-state index contributed by atoms with van der Waals surface area (Å²) in [7, 11) is 0. The third-order valence-electron chi connectivity index (χ3n) is 2.89. The first-order chi connectivity index (χ1) is 10.7. The standard InChI is InChI=1S/C17H17FN2O2/c1-2-22-17(21)16(12-13-6-4-3-5-7-13)20-19-15-10-8-14(18)9-11-15/h3-11,19H,2,12H2,1H3/b20-16+. The van der Waals surface area contributed by atoms with Crippen molar-refractivity contribution in [2.45, 2.75) is 13.3 Å². The van der Waals surface area contributed by atoms with E-state index in [1.807, 2.05) is 30.3 Å². The molecule has 0 bridgehead atoms. The summed E-state index contributed by atoms with van der Waals surface area (Å²) in [6.45, 7) is 2.02. The zero-order chi connectivity index (χ0) is 15.8. The molecular weight excluding hydrogens is 283 g/mol. The molecule has 0 heterocycles. The van der Waals surface area contributed by atoms with Gasteiger partial charge in [0, 0.05) is 6.42 Å². The first-order valence-electron chi connectivity index (χ1n) is 6.98. The molecule has 0 aliphatic rings. The van der Waals surface area contributed by atoms with Crippen molar-refractivity contribution in [2.75, 3.05) is 12.0 Å². The molecule has 0 fully saturated rings. The SMILES string of the molecule is CCOC(=O)/C(Cc1ccccc1)=N/Nc1ccc(F)cc1. The lowest BCUT2D eigenvalue weighted by atomic mass is 10.1. The van der Waals surface area contributed by atoms with E-state index >= 15 is 0 Å². The molecule has 0 saturated carbocycles. The van der Waals surface area contributed by atoms with E-state index in [2.05, 4.69) is 10.5 Å². The Kier molecular flexibility index (Phi) is 5.65. The number of hydrogen-bond acceptors (Lipinski definition) is 4. The molecule has 2 aromatic rings. The third-order valence-corrected chi connectivity index (χ3v) is 2.89. The van der Waals surface area contributed by atoms with Gasteiger partial charge in [-0.05, 0) is 36.8 Å². The molecule has 4 nitrogen and oxygen atoms in total. The average molecular weight is 300 g/mol. The van der Waals surface area contributed by atoms with Crippen LogP contribution in [0.1, 0.15) is 12.5 Å². The summed E-state index contributed by atoms with van der Waals surface area (Å²) in [6.07, 6.45) is 0.355. The highest BCUT2D eigenvalue weighted by Gasteiger charge is 2.13. The summed E-state index contributed by atoms with van der Waals surface area (Å²) in [5.74, 6) is -0.801. The Morgan fingerprint density at radius 2 is 1.82 bits per heavy atom. The van der Waals surface area contributed by atoms with Gasteiger partial charge in [-0.15, -0.1) is 0 Å². The Morgan fingerprint density at radius 3 is 2.45 bits per heavy atom. The Balaban J connectivity index is 2.14. The van der Waals surface area contributed by atoms with E-state index in [0.717, 1.165) is 5.56 Å². The van der Waals surface area contributed by atoms with Crippen molar-refractivity contribution in [1.82, 2.24) is 0 Å². The Hall–Kier alpha value is -2.69. The van der Waals surface area contributed by atoms with Gasteiger partial charge in [-0.3, -0.25) is 5.43 Å². The first-order valence-corrected chi connectivity index (χ1v) is 6.98. The van der Waals surface area contributed by atoms with Crippen LogP contribution in [-0.2, 0) is 16.0 Å². The minimum atomic E-state index is -0.471. The van der Waals surface area contributed by atoms with Gasteiger partial charge in [-0.2, -0.15) is 5.10 Å². The molecule has 1 N–H and O–H groups in total. The van der Waals surface area contributed by atoms with Gasteiger partial charge in [0.25, 0.3) is 0 Å². The summed E-state index contributed by atoms with van der Waals surface area (Å²) < 4.78 is 17.9. The van der Waals surface area contributed by atoms with Gasteiger partial charge in [-0.1, -0.05) is 30.3 Å². The summed E-state index contributed by atoms with van der Waals surface area (Å²) in [6, 6.07) is 15.2. The van der Waals surface area contributed by atoms with Crippen LogP contribution >= 0.6 is 0 Å². The molecule has 0 amide bonds. The van der Waals surface area contributed by atoms with Gasteiger partial charge in [0.15, 0.2) is 0 Å². The average Bonchev–Trinajstić information content (AvgIpc) is 2.54. The largest absolute Gasteiger partial charge is 0.461 e. The second-order valence-corrected chi connectivity index (χ2v) is 4.56. The molecule has 22 heavy (non-hydrogen) atoms. The van der Waals surface area contributed by atoms with Crippen LogP contribution in [0.25, 0.3) is 0 Å². The van der Waals surface area contributed by atoms with Gasteiger partial charge >= 0.3 is 5.97 Å². The fraction of sp³-hybridized carbons (Fsp3) is 0.176. The molecule has 2 rings (SSSR count). The highest BCUT2D eigenvalue weighted by Crippen LogP contribution is 2.09. The minimum absolute atomic E-state index is 0.261. The maximum atomic E-state index is 12.9. The van der Waals surface area contributed by atoms with Crippen molar-refractivity contribution in [3.63, 3.8) is 0 Å². The van der Waals surface area contributed by atoms with Gasteiger partial charge < -0.3 is 4.74 Å². The molecule has 2 aromatic carbocycles. The number of esters is 1. The Morgan fingerprint density at radius 1 is 1.14 bits per heavy atom. The smallest absolute Gasteiger partial charge is 0.354 e. The van der Waals surface area contributed by atoms with Crippen LogP contribution in [-0.4, -0.2) is 18.3 Å². The quantitative estimate of drug-likeness (QED) is 0.505. The van der Waals surface area contributed by atoms with Crippen molar-refractivity contribution in [2.24, 2.45) is 5.10 Å². The van der Waals surface area contributed by atoms with E-state index in [1.54, 1.807) is 19.1 Å². The fourth-order valence-corrected chi connectivity index (χ4v) is 1.82. The monoisotopic (exact) mass is 300 g/mol. The second-order valence-electron chi connectivity index (χ2n) is 4.56. The fourth-order valence-electron chi connectivity index (χ4n) is 1.82. The number of rotatable bonds is 6. The number of benzene rings is 2. The molecular formula is C17H17FN2O2. The summed E-state index contributed by atoms with van der Waals surface area (Å²) >= 11 is 0. The Labute approximate surface area is 128 Å². The molecule has 0 saturated heterocycles. The van der Waals surface area contributed by atoms with E-state index in [1.165, 1.54) is 12.1 Å². The van der Waals surface area contributed by atoms with Crippen LogP contribution in [0.5, 0.6) is 0 Å². The normalized spacial score (nSPS) is 11.1. The highest BCUT2D eigenvalue weighted by atomic mass is 19.1. The van der Waals surface area contributed by atoms with Crippen molar-refractivity contribution in [3.8, 4) is 0 Å². The number of hydrazone groups is 1. The zero-order valence-corrected chi connectivity index (χ0v) is 12.3. The molecule has 0 aromatic heterocycles. The molecule has 0 radical (unpaired) electrons. The lowest BCUT2D eigenvalue weighted by Crippen LogP contribution is -2.21. The third kappa shape index (κ3) is 4.70. The second kappa shape index (κ2) is 7.93. The molecule has 0 aliphatic heterocycles. The van der Waals surface area contributed by atoms with E-state index in [9.17, 15) is 9.18 Å². The van der Waals surface area contributed by atoms with E-state index in [-0.39, 0.29) is 18.1 Å². The molecule has 0 aliphatic carbocycles. The maximum absolute atomic E-state index is 12.9. The number of halogens is 1. The molecule has 0 atom stereocenters. The minimum Gasteiger partial charge on any atom is -0.461 e. The number of carbonyl (C=O) groups excluding carboxylic acids is 1. The summed E-state index contributed by atoms with van der Waals surface area (Å²) in [4.78, 5) is 12.0. The van der Waals surface area contributed by atoms with Gasteiger partial charge in [0.05, 0.1) is 12.3 Å². The van der Waals surface area contributed by atoms with Crippen LogP contribution in [0, 0.1) is 5.82 Å². The summed E-state index contributed by atoms with van der Waals surface area (Å²) in [5, 5.41) is 4.11. The lowest BCUT2D eigenvalue weighted by molar-refractivity contribution is -0.135. The predicted molar refractivity (Wildman–Crippen MR) is 84.2 cm³/mol. The van der Waals surface area contributed by atoms with E-state index in [4.69, 9.17) is 4.74 Å². The van der Waals surface area contributed by atoms with Crippen LogP contribution in [0.4, 0.5) is 10.1 Å². The van der Waals surface area contributed by atoms with Crippen LogP contribution in [0.2, 0.25) is 0 Å². The Bertz CT molecular complexity index is 639. The van der Waals surface area contributed by atoms with Crippen molar-refractivity contribution >= 4 is 17.4 Å². The van der Waals surface area contributed by atoms with Crippen molar-refractivity contribution in [1.29, 1.82) is 0 Å². The molecule has 0 unspecified atom stereocenters. The predicted octanol–water partition coefficient (Wildman–Crippen LogP) is 3.40. The van der Waals surface area contributed by atoms with Crippen molar-refractivity contribution < 1.29 is 13.9 Å². The lowest BCUT2D eigenvalue weighted by Gasteiger charge is -2.07. The van der Waals surface area contributed by atoms with Crippen molar-refractivity contribution in [3.05, 3.63) is 66.0 Å². The number of nitrogens with one attached hydrogen (secondary N) is 1. The van der Waals surface area contributed by atoms with Gasteiger partial charge in [0.1, 0.15) is 11.5 Å². The number of anilines is 1. The number of ether oxygens (including phenoxy) is 1. The van der Waals surface area contributed by atoms with E-state index < -0.39 is 5.97 Å². The van der Waals surface area contributed by atoms with Gasteiger partial charge in [0.2, 0.25) is 0 Å². The highest BCUT2D eigenvalue weighted by molar-refractivity contribution is 6.37. The van der Waals surface area contributed by atoms with Crippen LogP contribution in [0.15, 0.2) is 59.7 Å².